The Hall–Kier alpha value is -1.59. The zero-order valence-corrected chi connectivity index (χ0v) is 12.5. The van der Waals surface area contributed by atoms with E-state index in [0.29, 0.717) is 6.54 Å². The van der Waals surface area contributed by atoms with E-state index in [0.717, 1.165) is 43.2 Å². The molecule has 2 aromatic rings. The molecule has 1 aromatic heterocycles. The molecule has 0 aliphatic rings. The van der Waals surface area contributed by atoms with Gasteiger partial charge < -0.3 is 10.0 Å². The van der Waals surface area contributed by atoms with Gasteiger partial charge in [0.2, 0.25) is 0 Å². The Bertz CT molecular complexity index is 560. The number of likely N-dealkylation sites (N-methyl/N-ethyl adjacent to an activating group) is 1. The largest absolute Gasteiger partial charge is 0.393 e. The molecule has 0 radical (unpaired) electrons. The van der Waals surface area contributed by atoms with Crippen LogP contribution in [0, 0.1) is 0 Å². The topological polar surface area (TPSA) is 59.5 Å². The van der Waals surface area contributed by atoms with Crippen LogP contribution in [0.5, 0.6) is 0 Å². The number of rotatable bonds is 7. The van der Waals surface area contributed by atoms with Crippen molar-refractivity contribution < 1.29 is 14.6 Å². The van der Waals surface area contributed by atoms with E-state index in [-0.39, 0.29) is 6.61 Å². The maximum Gasteiger partial charge on any atom is 0.356 e. The number of para-hydroxylation sites is 2. The van der Waals surface area contributed by atoms with E-state index in [1.807, 2.05) is 16.7 Å². The Morgan fingerprint density at radius 2 is 1.95 bits per heavy atom. The second-order valence-electron chi connectivity index (χ2n) is 5.08. The average Bonchev–Trinajstić information content (AvgIpc) is 2.74. The summed E-state index contributed by atoms with van der Waals surface area (Å²) in [6, 6.07) is 8.20. The maximum atomic E-state index is 9.22. The Morgan fingerprint density at radius 3 is 2.60 bits per heavy atom. The molecule has 4 N–H and O–H groups in total. The van der Waals surface area contributed by atoms with Crippen LogP contribution in [0.15, 0.2) is 24.3 Å². The van der Waals surface area contributed by atoms with Crippen molar-refractivity contribution >= 4 is 17.0 Å². The lowest BCUT2D eigenvalue weighted by Gasteiger charge is -2.14. The van der Waals surface area contributed by atoms with Crippen LogP contribution < -0.4 is 15.2 Å². The summed E-state index contributed by atoms with van der Waals surface area (Å²) in [4.78, 5) is 1.57. The molecule has 0 saturated carbocycles. The molecule has 5 heteroatoms. The van der Waals surface area contributed by atoms with Crippen molar-refractivity contribution in [3.63, 3.8) is 0 Å². The van der Waals surface area contributed by atoms with Crippen LogP contribution in [-0.2, 0) is 13.1 Å². The van der Waals surface area contributed by atoms with E-state index < -0.39 is 0 Å². The molecule has 0 saturated heterocycles. The number of benzene rings is 1. The van der Waals surface area contributed by atoms with E-state index in [9.17, 15) is 5.11 Å². The first-order chi connectivity index (χ1) is 9.72. The Morgan fingerprint density at radius 1 is 1.25 bits per heavy atom. The normalized spacial score (nSPS) is 11.6. The number of anilines is 1. The number of imidazole rings is 1. The van der Waals surface area contributed by atoms with E-state index in [1.54, 1.807) is 4.90 Å². The number of nitrogens with zero attached hydrogens (tertiary/aromatic N) is 2. The molecular formula is C15H26N4O+2. The average molecular weight is 278 g/mol. The minimum atomic E-state index is 0.101. The third-order valence-corrected chi connectivity index (χ3v) is 4.03. The van der Waals surface area contributed by atoms with Crippen molar-refractivity contribution in [1.82, 2.24) is 4.57 Å². The number of nitrogens with one attached hydrogen (secondary N) is 1. The number of aliphatic hydroxyl groups is 1. The van der Waals surface area contributed by atoms with Crippen LogP contribution in [0.25, 0.3) is 11.0 Å². The van der Waals surface area contributed by atoms with Crippen LogP contribution in [0.1, 0.15) is 13.8 Å². The molecule has 0 amide bonds. The molecule has 5 nitrogen and oxygen atoms in total. The van der Waals surface area contributed by atoms with Gasteiger partial charge in [-0.1, -0.05) is 12.1 Å². The zero-order chi connectivity index (χ0) is 14.5. The molecule has 0 spiro atoms. The second-order valence-corrected chi connectivity index (χ2v) is 5.08. The van der Waals surface area contributed by atoms with Crippen LogP contribution in [0.2, 0.25) is 0 Å². The molecule has 1 heterocycles. The molecule has 2 rings (SSSR count). The number of aliphatic hydroxyl groups excluding tert-OH is 1. The summed E-state index contributed by atoms with van der Waals surface area (Å²) in [5, 5.41) is 9.22. The third-order valence-electron chi connectivity index (χ3n) is 4.03. The SMILES string of the molecule is CC[NH+](CC)CC[n+]1c(N)n(CCO)c2ccccc21. The fraction of sp³-hybridized carbons (Fsp3) is 0.533. The van der Waals surface area contributed by atoms with Crippen molar-refractivity contribution in [2.45, 2.75) is 26.9 Å². The summed E-state index contributed by atoms with van der Waals surface area (Å²) in [6.07, 6.45) is 0. The number of fused-ring (bicyclic) bond motifs is 1. The number of hydrogen-bond acceptors (Lipinski definition) is 2. The fourth-order valence-corrected chi connectivity index (χ4v) is 2.76. The standard InChI is InChI=1S/C15H24N4O/c1-3-17(4-2)9-10-18-13-7-5-6-8-14(13)19(11-12-20)15(18)16/h5-8,16,20H,3-4,9-12H2,1-2H3/p+2. The van der Waals surface area contributed by atoms with Crippen LogP contribution in [0.3, 0.4) is 0 Å². The second kappa shape index (κ2) is 6.72. The molecule has 0 unspecified atom stereocenters. The monoisotopic (exact) mass is 278 g/mol. The minimum absolute atomic E-state index is 0.101. The first-order valence-corrected chi connectivity index (χ1v) is 7.43. The van der Waals surface area contributed by atoms with Gasteiger partial charge in [-0.25, -0.2) is 9.13 Å². The van der Waals surface area contributed by atoms with Crippen molar-refractivity contribution in [2.75, 3.05) is 32.0 Å². The lowest BCUT2D eigenvalue weighted by Crippen LogP contribution is -3.12. The highest BCUT2D eigenvalue weighted by Crippen LogP contribution is 2.15. The summed E-state index contributed by atoms with van der Waals surface area (Å²) in [5.74, 6) is 0.729. The van der Waals surface area contributed by atoms with Crippen LogP contribution >= 0.6 is 0 Å². The highest BCUT2D eigenvalue weighted by molar-refractivity contribution is 5.73. The third kappa shape index (κ3) is 2.78. The van der Waals surface area contributed by atoms with Gasteiger partial charge >= 0.3 is 5.95 Å². The number of quaternary nitrogens is 1. The van der Waals surface area contributed by atoms with Gasteiger partial charge in [-0.15, -0.1) is 0 Å². The predicted octanol–water partition coefficient (Wildman–Crippen LogP) is -0.572. The smallest absolute Gasteiger partial charge is 0.356 e. The summed E-state index contributed by atoms with van der Waals surface area (Å²) in [6.45, 7) is 9.29. The molecule has 0 atom stereocenters. The van der Waals surface area contributed by atoms with Gasteiger partial charge in [-0.3, -0.25) is 5.73 Å². The van der Waals surface area contributed by atoms with Crippen molar-refractivity contribution in [1.29, 1.82) is 0 Å². The summed E-state index contributed by atoms with van der Waals surface area (Å²) < 4.78 is 4.16. The van der Waals surface area contributed by atoms with Crippen LogP contribution in [0.4, 0.5) is 5.95 Å². The number of nitrogen functional groups attached to an aromatic ring is 1. The van der Waals surface area contributed by atoms with Gasteiger partial charge in [0, 0.05) is 0 Å². The maximum absolute atomic E-state index is 9.22. The summed E-state index contributed by atoms with van der Waals surface area (Å²) >= 11 is 0. The molecule has 1 aromatic carbocycles. The molecule has 0 bridgehead atoms. The lowest BCUT2D eigenvalue weighted by molar-refractivity contribution is -0.913. The first-order valence-electron chi connectivity index (χ1n) is 7.43. The minimum Gasteiger partial charge on any atom is -0.393 e. The molecule has 110 valence electrons. The van der Waals surface area contributed by atoms with Crippen molar-refractivity contribution in [3.05, 3.63) is 24.3 Å². The predicted molar refractivity (Wildman–Crippen MR) is 80.5 cm³/mol. The number of hydrogen-bond donors (Lipinski definition) is 3. The van der Waals surface area contributed by atoms with Gasteiger partial charge in [0.05, 0.1) is 26.2 Å². The van der Waals surface area contributed by atoms with Gasteiger partial charge in [0.1, 0.15) is 24.1 Å². The molecule has 0 aliphatic carbocycles. The summed E-state index contributed by atoms with van der Waals surface area (Å²) in [5.41, 5.74) is 8.51. The van der Waals surface area contributed by atoms with Crippen molar-refractivity contribution in [3.8, 4) is 0 Å². The summed E-state index contributed by atoms with van der Waals surface area (Å²) in [7, 11) is 0. The van der Waals surface area contributed by atoms with Gasteiger partial charge in [0.15, 0.2) is 0 Å². The molecule has 0 fully saturated rings. The molecular weight excluding hydrogens is 252 g/mol. The Labute approximate surface area is 120 Å². The lowest BCUT2D eigenvalue weighted by atomic mass is 10.3. The first kappa shape index (κ1) is 14.8. The fourth-order valence-electron chi connectivity index (χ4n) is 2.76. The highest BCUT2D eigenvalue weighted by atomic mass is 16.3. The molecule has 20 heavy (non-hydrogen) atoms. The zero-order valence-electron chi connectivity index (χ0n) is 12.5. The van der Waals surface area contributed by atoms with E-state index in [1.165, 1.54) is 0 Å². The van der Waals surface area contributed by atoms with Crippen LogP contribution in [-0.4, -0.2) is 35.9 Å². The van der Waals surface area contributed by atoms with E-state index in [4.69, 9.17) is 5.73 Å². The van der Waals surface area contributed by atoms with Gasteiger partial charge in [0.25, 0.3) is 0 Å². The number of nitrogens with two attached hydrogens (primary N) is 1. The van der Waals surface area contributed by atoms with Crippen molar-refractivity contribution in [2.24, 2.45) is 0 Å². The quantitative estimate of drug-likeness (QED) is 0.594. The highest BCUT2D eigenvalue weighted by Gasteiger charge is 2.20. The van der Waals surface area contributed by atoms with E-state index >= 15 is 0 Å². The number of aromatic nitrogens is 2. The molecule has 0 aliphatic heterocycles. The van der Waals surface area contributed by atoms with Gasteiger partial charge in [-0.05, 0) is 26.0 Å². The Kier molecular flexibility index (Phi) is 4.98. The van der Waals surface area contributed by atoms with E-state index in [2.05, 4.69) is 30.5 Å². The van der Waals surface area contributed by atoms with Gasteiger partial charge in [-0.2, -0.15) is 0 Å². The Balaban J connectivity index is 2.34.